The minimum absolute atomic E-state index is 0.132. The molecule has 5 saturated carbocycles. The van der Waals surface area contributed by atoms with E-state index in [1.807, 2.05) is 12.1 Å². The molecule has 5 aliphatic carbocycles. The van der Waals surface area contributed by atoms with Crippen LogP contribution in [0.4, 0.5) is 0 Å². The summed E-state index contributed by atoms with van der Waals surface area (Å²) in [7, 11) is 0. The zero-order chi connectivity index (χ0) is 26.9. The zero-order valence-electron chi connectivity index (χ0n) is 25.0. The molecule has 6 aliphatic rings. The van der Waals surface area contributed by atoms with Crippen LogP contribution in [-0.2, 0) is 9.53 Å². The van der Waals surface area contributed by atoms with Gasteiger partial charge in [0.25, 0.3) is 0 Å². The number of Topliss-reactive ketones (excluding diaryl/α,β-unsaturated/α-hetero) is 1. The van der Waals surface area contributed by atoms with Gasteiger partial charge in [-0.05, 0) is 132 Å². The second-order valence-electron chi connectivity index (χ2n) is 16.7. The van der Waals surface area contributed by atoms with E-state index in [0.717, 1.165) is 36.2 Å². The van der Waals surface area contributed by atoms with Gasteiger partial charge in [0.15, 0.2) is 5.78 Å². The van der Waals surface area contributed by atoms with Crippen LogP contribution in [0.15, 0.2) is 28.4 Å². The number of carbonyl (C=O) groups is 1. The van der Waals surface area contributed by atoms with E-state index in [1.54, 1.807) is 6.26 Å². The normalized spacial score (nSPS) is 51.6. The third-order valence-corrected chi connectivity index (χ3v) is 14.6. The van der Waals surface area contributed by atoms with Gasteiger partial charge in [0.1, 0.15) is 5.76 Å². The molecule has 0 aromatic carbocycles. The number of rotatable bonds is 1. The highest BCUT2D eigenvalue weighted by Gasteiger charge is 2.73. The Morgan fingerprint density at radius 1 is 0.868 bits per heavy atom. The largest absolute Gasteiger partial charge is 0.465 e. The van der Waals surface area contributed by atoms with Gasteiger partial charge in [-0.25, -0.2) is 0 Å². The van der Waals surface area contributed by atoms with Crippen molar-refractivity contribution in [3.8, 4) is 0 Å². The second kappa shape index (κ2) is 7.68. The number of furan rings is 1. The van der Waals surface area contributed by atoms with Gasteiger partial charge in [0.05, 0.1) is 19.0 Å². The summed E-state index contributed by atoms with van der Waals surface area (Å²) in [6, 6.07) is 3.91. The predicted octanol–water partition coefficient (Wildman–Crippen LogP) is 8.73. The van der Waals surface area contributed by atoms with Crippen LogP contribution in [0.3, 0.4) is 0 Å². The topological polar surface area (TPSA) is 39.4 Å². The van der Waals surface area contributed by atoms with E-state index >= 15 is 0 Å². The first-order chi connectivity index (χ1) is 17.8. The Hall–Kier alpha value is -1.35. The molecule has 0 N–H and O–H groups in total. The van der Waals surface area contributed by atoms with E-state index < -0.39 is 0 Å². The number of hydrogen-bond donors (Lipinski definition) is 0. The van der Waals surface area contributed by atoms with Crippen molar-refractivity contribution in [3.05, 3.63) is 29.7 Å². The number of carbonyl (C=O) groups excluding carboxylic acids is 1. The lowest BCUT2D eigenvalue weighted by Gasteiger charge is -2.73. The number of ketones is 1. The van der Waals surface area contributed by atoms with Crippen LogP contribution < -0.4 is 0 Å². The number of fused-ring (bicyclic) bond motifs is 5. The monoisotopic (exact) mass is 518 g/mol. The van der Waals surface area contributed by atoms with Crippen molar-refractivity contribution in [2.45, 2.75) is 112 Å². The highest BCUT2D eigenvalue weighted by Crippen LogP contribution is 2.78. The van der Waals surface area contributed by atoms with Crippen LogP contribution in [0.2, 0.25) is 0 Å². The lowest BCUT2D eigenvalue weighted by molar-refractivity contribution is -0.236. The van der Waals surface area contributed by atoms with Gasteiger partial charge in [-0.1, -0.05) is 48.5 Å². The van der Waals surface area contributed by atoms with Crippen molar-refractivity contribution in [1.29, 1.82) is 0 Å². The minimum Gasteiger partial charge on any atom is -0.465 e. The van der Waals surface area contributed by atoms with Crippen molar-refractivity contribution < 1.29 is 13.9 Å². The van der Waals surface area contributed by atoms with Gasteiger partial charge in [0, 0.05) is 5.41 Å². The molecule has 1 saturated heterocycles. The molecule has 3 nitrogen and oxygen atoms in total. The van der Waals surface area contributed by atoms with Gasteiger partial charge in [-0.2, -0.15) is 0 Å². The molecule has 1 aromatic rings. The van der Waals surface area contributed by atoms with Crippen molar-refractivity contribution in [1.82, 2.24) is 0 Å². The quantitative estimate of drug-likeness (QED) is 0.349. The molecule has 38 heavy (non-hydrogen) atoms. The van der Waals surface area contributed by atoms with E-state index in [-0.39, 0.29) is 10.8 Å². The highest BCUT2D eigenvalue weighted by atomic mass is 16.5. The number of ether oxygens (including phenoxy) is 1. The lowest BCUT2D eigenvalue weighted by atomic mass is 9.31. The summed E-state index contributed by atoms with van der Waals surface area (Å²) in [5.74, 6) is 3.74. The summed E-state index contributed by atoms with van der Waals surface area (Å²) in [4.78, 5) is 13.9. The predicted molar refractivity (Wildman–Crippen MR) is 151 cm³/mol. The second-order valence-corrected chi connectivity index (χ2v) is 16.7. The maximum absolute atomic E-state index is 13.9. The van der Waals surface area contributed by atoms with Crippen LogP contribution in [0.1, 0.15) is 112 Å². The Morgan fingerprint density at radius 3 is 2.37 bits per heavy atom. The fraction of sp³-hybridized carbons (Fsp3) is 0.800. The molecule has 0 radical (unpaired) electrons. The van der Waals surface area contributed by atoms with E-state index in [0.29, 0.717) is 45.4 Å². The molecule has 9 atom stereocenters. The molecule has 2 bridgehead atoms. The van der Waals surface area contributed by atoms with Crippen molar-refractivity contribution >= 4 is 11.9 Å². The molecule has 3 heteroatoms. The zero-order valence-corrected chi connectivity index (χ0v) is 25.0. The Balaban J connectivity index is 1.29. The molecule has 208 valence electrons. The molecule has 0 unspecified atom stereocenters. The molecular formula is C35H50O3. The van der Waals surface area contributed by atoms with Crippen molar-refractivity contribution in [2.24, 2.45) is 56.2 Å². The van der Waals surface area contributed by atoms with E-state index in [9.17, 15) is 4.79 Å². The van der Waals surface area contributed by atoms with E-state index in [1.165, 1.54) is 51.4 Å². The first-order valence-electron chi connectivity index (χ1n) is 15.7. The molecule has 2 heterocycles. The van der Waals surface area contributed by atoms with Crippen LogP contribution in [0, 0.1) is 56.2 Å². The van der Waals surface area contributed by atoms with E-state index in [2.05, 4.69) is 54.5 Å². The molecule has 6 fully saturated rings. The molecule has 0 spiro atoms. The fourth-order valence-corrected chi connectivity index (χ4v) is 12.5. The SMILES string of the molecule is CC1(C)CC[C@]23CC[C@]4(C)[C@H](CC[C@@H]5[C@@]6(C)C/C(=C\c7ccco7)C(=O)C(C)(C)[C@H]6CC[C@]54C)[C@@H]2[C@H]1OC3. The number of allylic oxidation sites excluding steroid dienone is 1. The molecule has 1 aromatic heterocycles. The first kappa shape index (κ1) is 25.6. The number of hydrogen-bond acceptors (Lipinski definition) is 3. The third-order valence-electron chi connectivity index (χ3n) is 14.6. The highest BCUT2D eigenvalue weighted by molar-refractivity contribution is 6.04. The fourth-order valence-electron chi connectivity index (χ4n) is 12.5. The average Bonchev–Trinajstić information content (AvgIpc) is 3.47. The summed E-state index contributed by atoms with van der Waals surface area (Å²) in [5, 5.41) is 0. The smallest absolute Gasteiger partial charge is 0.164 e. The maximum atomic E-state index is 13.9. The van der Waals surface area contributed by atoms with Gasteiger partial charge >= 0.3 is 0 Å². The average molecular weight is 519 g/mol. The summed E-state index contributed by atoms with van der Waals surface area (Å²) in [6.45, 7) is 18.4. The van der Waals surface area contributed by atoms with Crippen LogP contribution >= 0.6 is 0 Å². The Labute approximate surface area is 230 Å². The molecular weight excluding hydrogens is 468 g/mol. The Morgan fingerprint density at radius 2 is 1.63 bits per heavy atom. The van der Waals surface area contributed by atoms with Crippen LogP contribution in [0.25, 0.3) is 6.08 Å². The van der Waals surface area contributed by atoms with Gasteiger partial charge in [-0.3, -0.25) is 4.79 Å². The van der Waals surface area contributed by atoms with Gasteiger partial charge in [0.2, 0.25) is 0 Å². The summed E-state index contributed by atoms with van der Waals surface area (Å²) >= 11 is 0. The minimum atomic E-state index is -0.332. The molecule has 0 amide bonds. The summed E-state index contributed by atoms with van der Waals surface area (Å²) in [6.07, 6.45) is 15.6. The lowest BCUT2D eigenvalue weighted by Crippen LogP contribution is -2.67. The van der Waals surface area contributed by atoms with Gasteiger partial charge < -0.3 is 9.15 Å². The third kappa shape index (κ3) is 2.98. The van der Waals surface area contributed by atoms with Crippen molar-refractivity contribution in [2.75, 3.05) is 6.61 Å². The maximum Gasteiger partial charge on any atom is 0.164 e. The van der Waals surface area contributed by atoms with E-state index in [4.69, 9.17) is 9.15 Å². The molecule has 1 aliphatic heterocycles. The van der Waals surface area contributed by atoms with Gasteiger partial charge in [-0.15, -0.1) is 0 Å². The first-order valence-corrected chi connectivity index (χ1v) is 15.7. The summed E-state index contributed by atoms with van der Waals surface area (Å²) in [5.41, 5.74) is 2.16. The van der Waals surface area contributed by atoms with Crippen LogP contribution in [0.5, 0.6) is 0 Å². The molecule has 7 rings (SSSR count). The van der Waals surface area contributed by atoms with Crippen molar-refractivity contribution in [3.63, 3.8) is 0 Å². The van der Waals surface area contributed by atoms with Crippen LogP contribution in [-0.4, -0.2) is 18.5 Å². The standard InChI is InChI=1S/C35H50O3/c1-30(2)14-16-35-17-15-33(6)24(27(35)29(30)38-21-35)10-11-26-32(5)20-22(19-23-9-8-18-37-23)28(36)31(3,4)25(32)12-13-34(26,33)7/h8-9,18-19,24-27,29H,10-17,20-21H2,1-7H3/b22-19+/t24-,25-,26-,27-,29-,32+,33-,34-,35-/m1/s1. The Kier molecular flexibility index (Phi) is 5.18. The Bertz CT molecular complexity index is 1170. The summed E-state index contributed by atoms with van der Waals surface area (Å²) < 4.78 is 12.4.